The Morgan fingerprint density at radius 3 is 2.89 bits per heavy atom. The molecule has 0 unspecified atom stereocenters. The topological polar surface area (TPSA) is 42.3 Å². The fraction of sp³-hybridized carbons (Fsp3) is 0.591. The van der Waals surface area contributed by atoms with Crippen molar-refractivity contribution in [2.75, 3.05) is 19.7 Å². The quantitative estimate of drug-likeness (QED) is 0.775. The Morgan fingerprint density at radius 1 is 1.26 bits per heavy atom. The second-order valence-corrected chi connectivity index (χ2v) is 7.95. The third kappa shape index (κ3) is 4.04. The molecular weight excluding hydrogens is 336 g/mol. The van der Waals surface area contributed by atoms with Crippen molar-refractivity contribution in [2.24, 2.45) is 5.41 Å². The molecule has 0 radical (unpaired) electrons. The summed E-state index contributed by atoms with van der Waals surface area (Å²) >= 11 is 0. The first-order valence-electron chi connectivity index (χ1n) is 10.4. The van der Waals surface area contributed by atoms with Gasteiger partial charge in [-0.25, -0.2) is 4.98 Å². The lowest BCUT2D eigenvalue weighted by atomic mass is 9.93. The van der Waals surface area contributed by atoms with Gasteiger partial charge in [0.05, 0.1) is 13.2 Å². The molecule has 1 aliphatic carbocycles. The molecule has 1 saturated carbocycles. The van der Waals surface area contributed by atoms with Crippen molar-refractivity contribution in [3.8, 4) is 5.75 Å². The number of hydrogen-bond acceptors (Lipinski definition) is 4. The molecule has 1 spiro atoms. The summed E-state index contributed by atoms with van der Waals surface area (Å²) in [5.41, 5.74) is 1.85. The highest BCUT2D eigenvalue weighted by molar-refractivity contribution is 5.29. The first-order valence-corrected chi connectivity index (χ1v) is 10.4. The lowest BCUT2D eigenvalue weighted by molar-refractivity contribution is 0.182. The van der Waals surface area contributed by atoms with Crippen LogP contribution >= 0.6 is 0 Å². The Balaban J connectivity index is 1.54. The SMILES string of the molecule is CCOc1cccc(CN(Cc2nccn2CC)[C@H]2CC23CCNCC3)c1. The van der Waals surface area contributed by atoms with Gasteiger partial charge in [0.25, 0.3) is 0 Å². The number of benzene rings is 1. The van der Waals surface area contributed by atoms with Crippen LogP contribution in [-0.4, -0.2) is 40.2 Å². The zero-order valence-corrected chi connectivity index (χ0v) is 16.7. The maximum atomic E-state index is 5.71. The Bertz CT molecular complexity index is 750. The van der Waals surface area contributed by atoms with E-state index < -0.39 is 0 Å². The summed E-state index contributed by atoms with van der Waals surface area (Å²) in [5, 5.41) is 3.52. The van der Waals surface area contributed by atoms with Gasteiger partial charge in [0.2, 0.25) is 0 Å². The van der Waals surface area contributed by atoms with Crippen molar-refractivity contribution in [3.63, 3.8) is 0 Å². The average molecular weight is 369 g/mol. The molecular formula is C22H32N4O. The zero-order valence-electron chi connectivity index (χ0n) is 16.7. The lowest BCUT2D eigenvalue weighted by Crippen LogP contribution is -2.36. The van der Waals surface area contributed by atoms with Gasteiger partial charge >= 0.3 is 0 Å². The minimum absolute atomic E-state index is 0.520. The summed E-state index contributed by atoms with van der Waals surface area (Å²) in [6, 6.07) is 9.24. The Morgan fingerprint density at radius 2 is 2.11 bits per heavy atom. The molecule has 5 heteroatoms. The number of nitrogens with zero attached hydrogens (tertiary/aromatic N) is 3. The number of ether oxygens (including phenoxy) is 1. The summed E-state index contributed by atoms with van der Waals surface area (Å²) in [7, 11) is 0. The van der Waals surface area contributed by atoms with E-state index in [0.29, 0.717) is 18.1 Å². The van der Waals surface area contributed by atoms with Gasteiger partial charge in [-0.05, 0) is 69.3 Å². The largest absolute Gasteiger partial charge is 0.494 e. The van der Waals surface area contributed by atoms with Crippen LogP contribution in [0, 0.1) is 5.41 Å². The second-order valence-electron chi connectivity index (χ2n) is 7.95. The highest BCUT2D eigenvalue weighted by Gasteiger charge is 2.56. The first kappa shape index (κ1) is 18.5. The average Bonchev–Trinajstić information content (AvgIpc) is 3.17. The summed E-state index contributed by atoms with van der Waals surface area (Å²) in [4.78, 5) is 7.30. The van der Waals surface area contributed by atoms with Crippen LogP contribution < -0.4 is 10.1 Å². The van der Waals surface area contributed by atoms with Crippen molar-refractivity contribution in [1.82, 2.24) is 19.8 Å². The number of aromatic nitrogens is 2. The molecule has 0 bridgehead atoms. The Labute approximate surface area is 162 Å². The Kier molecular flexibility index (Phi) is 5.50. The van der Waals surface area contributed by atoms with Crippen molar-refractivity contribution in [1.29, 1.82) is 0 Å². The summed E-state index contributed by atoms with van der Waals surface area (Å²) in [5.74, 6) is 2.15. The molecule has 2 aromatic rings. The highest BCUT2D eigenvalue weighted by atomic mass is 16.5. The lowest BCUT2D eigenvalue weighted by Gasteiger charge is -2.29. The molecule has 2 fully saturated rings. The normalized spacial score (nSPS) is 20.9. The van der Waals surface area contributed by atoms with Crippen molar-refractivity contribution in [2.45, 2.75) is 58.8 Å². The molecule has 0 amide bonds. The van der Waals surface area contributed by atoms with Gasteiger partial charge in [0, 0.05) is 31.5 Å². The summed E-state index contributed by atoms with van der Waals surface area (Å²) in [6.45, 7) is 10.1. The van der Waals surface area contributed by atoms with Gasteiger partial charge in [0.1, 0.15) is 11.6 Å². The molecule has 146 valence electrons. The third-order valence-corrected chi connectivity index (χ3v) is 6.27. The minimum atomic E-state index is 0.520. The standard InChI is InChI=1S/C22H32N4O/c1-3-25-13-12-24-21(25)17-26(20-15-22(20)8-10-23-11-9-22)16-18-6-5-7-19(14-18)27-4-2/h5-7,12-14,20,23H,3-4,8-11,15-17H2,1-2H3/t20-/m0/s1. The molecule has 1 saturated heterocycles. The predicted molar refractivity (Wildman–Crippen MR) is 108 cm³/mol. The van der Waals surface area contributed by atoms with E-state index in [4.69, 9.17) is 4.74 Å². The molecule has 27 heavy (non-hydrogen) atoms. The van der Waals surface area contributed by atoms with Crippen LogP contribution in [0.1, 0.15) is 44.5 Å². The van der Waals surface area contributed by atoms with Gasteiger partial charge in [-0.1, -0.05) is 12.1 Å². The summed E-state index contributed by atoms with van der Waals surface area (Å²) in [6.07, 6.45) is 7.95. The van der Waals surface area contributed by atoms with Crippen molar-refractivity contribution < 1.29 is 4.74 Å². The van der Waals surface area contributed by atoms with Crippen LogP contribution in [0.4, 0.5) is 0 Å². The van der Waals surface area contributed by atoms with E-state index in [1.165, 1.54) is 30.7 Å². The maximum Gasteiger partial charge on any atom is 0.122 e. The molecule has 1 aromatic carbocycles. The second kappa shape index (κ2) is 8.03. The molecule has 1 aromatic heterocycles. The van der Waals surface area contributed by atoms with E-state index in [1.54, 1.807) is 0 Å². The fourth-order valence-electron chi connectivity index (χ4n) is 4.68. The highest BCUT2D eigenvalue weighted by Crippen LogP contribution is 2.56. The number of nitrogens with one attached hydrogen (secondary N) is 1. The van der Waals surface area contributed by atoms with E-state index in [-0.39, 0.29) is 0 Å². The van der Waals surface area contributed by atoms with Crippen LogP contribution in [0.5, 0.6) is 5.75 Å². The summed E-state index contributed by atoms with van der Waals surface area (Å²) < 4.78 is 7.98. The molecule has 2 aliphatic rings. The van der Waals surface area contributed by atoms with E-state index in [9.17, 15) is 0 Å². The van der Waals surface area contributed by atoms with Crippen LogP contribution in [0.3, 0.4) is 0 Å². The van der Waals surface area contributed by atoms with Gasteiger partial charge in [-0.3, -0.25) is 4.90 Å². The zero-order chi connectivity index (χ0) is 18.7. The molecule has 4 rings (SSSR count). The monoisotopic (exact) mass is 368 g/mol. The third-order valence-electron chi connectivity index (χ3n) is 6.27. The molecule has 1 N–H and O–H groups in total. The number of imidazole rings is 1. The fourth-order valence-corrected chi connectivity index (χ4v) is 4.68. The van der Waals surface area contributed by atoms with Crippen LogP contribution in [0.15, 0.2) is 36.7 Å². The number of aryl methyl sites for hydroxylation is 1. The number of rotatable bonds is 8. The minimum Gasteiger partial charge on any atom is -0.494 e. The number of hydrogen-bond donors (Lipinski definition) is 1. The van der Waals surface area contributed by atoms with Crippen molar-refractivity contribution >= 4 is 0 Å². The first-order chi connectivity index (χ1) is 13.2. The van der Waals surface area contributed by atoms with E-state index in [2.05, 4.69) is 51.1 Å². The smallest absolute Gasteiger partial charge is 0.122 e. The van der Waals surface area contributed by atoms with Crippen LogP contribution in [-0.2, 0) is 19.6 Å². The maximum absolute atomic E-state index is 5.71. The molecule has 5 nitrogen and oxygen atoms in total. The van der Waals surface area contributed by atoms with Gasteiger partial charge in [-0.15, -0.1) is 0 Å². The molecule has 1 atom stereocenters. The van der Waals surface area contributed by atoms with Crippen LogP contribution in [0.2, 0.25) is 0 Å². The predicted octanol–water partition coefficient (Wildman–Crippen LogP) is 3.45. The molecule has 2 heterocycles. The number of piperidine rings is 1. The molecule has 1 aliphatic heterocycles. The van der Waals surface area contributed by atoms with Gasteiger partial charge in [0.15, 0.2) is 0 Å². The van der Waals surface area contributed by atoms with Gasteiger partial charge < -0.3 is 14.6 Å². The van der Waals surface area contributed by atoms with E-state index >= 15 is 0 Å². The van der Waals surface area contributed by atoms with E-state index in [0.717, 1.165) is 38.5 Å². The van der Waals surface area contributed by atoms with Gasteiger partial charge in [-0.2, -0.15) is 0 Å². The Hall–Kier alpha value is -1.85. The van der Waals surface area contributed by atoms with Crippen LogP contribution in [0.25, 0.3) is 0 Å². The van der Waals surface area contributed by atoms with Crippen molar-refractivity contribution in [3.05, 3.63) is 48.0 Å². The van der Waals surface area contributed by atoms with E-state index in [1.807, 2.05) is 19.2 Å².